The molecule has 17 heavy (non-hydrogen) atoms. The van der Waals surface area contributed by atoms with E-state index in [2.05, 4.69) is 0 Å². The molecule has 0 heterocycles. The number of carbonyl (C=O) groups is 1. The molecular formula is C13H15FO3. The van der Waals surface area contributed by atoms with E-state index in [-0.39, 0.29) is 17.7 Å². The van der Waals surface area contributed by atoms with Crippen LogP contribution in [0.25, 0.3) is 0 Å². The van der Waals surface area contributed by atoms with E-state index in [1.54, 1.807) is 6.07 Å². The van der Waals surface area contributed by atoms with Crippen LogP contribution in [-0.4, -0.2) is 20.2 Å². The van der Waals surface area contributed by atoms with Crippen molar-refractivity contribution in [1.82, 2.24) is 0 Å². The molecule has 4 heteroatoms. The van der Waals surface area contributed by atoms with Crippen molar-refractivity contribution in [3.8, 4) is 5.75 Å². The molecule has 1 aliphatic rings. The number of halogens is 1. The number of rotatable bonds is 4. The minimum Gasteiger partial charge on any atom is -0.496 e. The lowest BCUT2D eigenvalue weighted by Gasteiger charge is -2.17. The van der Waals surface area contributed by atoms with Crippen LogP contribution in [0.15, 0.2) is 18.2 Å². The molecule has 2 rings (SSSR count). The first-order valence-corrected chi connectivity index (χ1v) is 5.58. The third kappa shape index (κ3) is 2.40. The summed E-state index contributed by atoms with van der Waals surface area (Å²) in [5, 5.41) is 0. The number of benzene rings is 1. The quantitative estimate of drug-likeness (QED) is 0.756. The molecule has 1 aromatic carbocycles. The third-order valence-corrected chi connectivity index (χ3v) is 3.08. The monoisotopic (exact) mass is 238 g/mol. The first-order chi connectivity index (χ1) is 8.17. The van der Waals surface area contributed by atoms with Crippen molar-refractivity contribution in [2.24, 2.45) is 5.92 Å². The molecule has 1 aliphatic carbocycles. The van der Waals surface area contributed by atoms with Crippen LogP contribution in [0, 0.1) is 11.7 Å². The van der Waals surface area contributed by atoms with E-state index in [0.29, 0.717) is 11.3 Å². The van der Waals surface area contributed by atoms with Gasteiger partial charge >= 0.3 is 5.97 Å². The summed E-state index contributed by atoms with van der Waals surface area (Å²) < 4.78 is 23.3. The van der Waals surface area contributed by atoms with Crippen molar-refractivity contribution >= 4 is 5.97 Å². The fourth-order valence-electron chi connectivity index (χ4n) is 2.08. The summed E-state index contributed by atoms with van der Waals surface area (Å²) >= 11 is 0. The van der Waals surface area contributed by atoms with Gasteiger partial charge in [-0.25, -0.2) is 4.39 Å². The van der Waals surface area contributed by atoms with Crippen molar-refractivity contribution in [2.45, 2.75) is 18.8 Å². The van der Waals surface area contributed by atoms with Crippen LogP contribution < -0.4 is 4.74 Å². The lowest BCUT2D eigenvalue weighted by atomic mass is 9.93. The van der Waals surface area contributed by atoms with E-state index in [1.807, 2.05) is 0 Å². The molecule has 1 aromatic rings. The molecule has 0 spiro atoms. The van der Waals surface area contributed by atoms with Gasteiger partial charge in [-0.05, 0) is 37.0 Å². The average molecular weight is 238 g/mol. The van der Waals surface area contributed by atoms with Gasteiger partial charge in [-0.1, -0.05) is 0 Å². The zero-order valence-electron chi connectivity index (χ0n) is 9.90. The molecule has 1 atom stereocenters. The highest BCUT2D eigenvalue weighted by Crippen LogP contribution is 2.45. The fourth-order valence-corrected chi connectivity index (χ4v) is 2.08. The summed E-state index contributed by atoms with van der Waals surface area (Å²) in [6.45, 7) is 0. The first kappa shape index (κ1) is 11.9. The number of hydrogen-bond acceptors (Lipinski definition) is 3. The van der Waals surface area contributed by atoms with Crippen LogP contribution in [0.3, 0.4) is 0 Å². The van der Waals surface area contributed by atoms with Gasteiger partial charge in [0.05, 0.1) is 20.1 Å². The van der Waals surface area contributed by atoms with Crippen LogP contribution in [0.1, 0.15) is 24.3 Å². The minimum absolute atomic E-state index is 0.248. The zero-order chi connectivity index (χ0) is 12.4. The van der Waals surface area contributed by atoms with Crippen LogP contribution >= 0.6 is 0 Å². The van der Waals surface area contributed by atoms with E-state index < -0.39 is 5.92 Å². The first-order valence-electron chi connectivity index (χ1n) is 5.58. The molecular weight excluding hydrogens is 223 g/mol. The zero-order valence-corrected chi connectivity index (χ0v) is 9.90. The van der Waals surface area contributed by atoms with E-state index >= 15 is 0 Å². The van der Waals surface area contributed by atoms with Gasteiger partial charge < -0.3 is 9.47 Å². The van der Waals surface area contributed by atoms with Gasteiger partial charge in [-0.3, -0.25) is 4.79 Å². The number of esters is 1. The summed E-state index contributed by atoms with van der Waals surface area (Å²) in [4.78, 5) is 11.8. The van der Waals surface area contributed by atoms with Gasteiger partial charge in [0.1, 0.15) is 11.6 Å². The Kier molecular flexibility index (Phi) is 3.31. The van der Waals surface area contributed by atoms with E-state index in [1.165, 1.54) is 26.4 Å². The predicted molar refractivity (Wildman–Crippen MR) is 60.4 cm³/mol. The highest BCUT2D eigenvalue weighted by molar-refractivity contribution is 5.80. The molecule has 0 saturated heterocycles. The van der Waals surface area contributed by atoms with Gasteiger partial charge in [-0.15, -0.1) is 0 Å². The summed E-state index contributed by atoms with van der Waals surface area (Å²) in [6.07, 6.45) is 1.94. The van der Waals surface area contributed by atoms with Gasteiger partial charge in [0, 0.05) is 5.56 Å². The molecule has 1 unspecified atom stereocenters. The highest BCUT2D eigenvalue weighted by atomic mass is 19.1. The number of hydrogen-bond donors (Lipinski definition) is 0. The van der Waals surface area contributed by atoms with Gasteiger partial charge in [0.25, 0.3) is 0 Å². The maximum Gasteiger partial charge on any atom is 0.313 e. The van der Waals surface area contributed by atoms with E-state index in [4.69, 9.17) is 9.47 Å². The molecule has 0 radical (unpaired) electrons. The van der Waals surface area contributed by atoms with Gasteiger partial charge in [-0.2, -0.15) is 0 Å². The molecule has 0 aromatic heterocycles. The Morgan fingerprint density at radius 1 is 1.41 bits per heavy atom. The lowest BCUT2D eigenvalue weighted by molar-refractivity contribution is -0.143. The van der Waals surface area contributed by atoms with Crippen molar-refractivity contribution in [3.05, 3.63) is 29.6 Å². The lowest BCUT2D eigenvalue weighted by Crippen LogP contribution is -2.17. The Bertz CT molecular complexity index is 427. The third-order valence-electron chi connectivity index (χ3n) is 3.08. The van der Waals surface area contributed by atoms with Crippen LogP contribution in [0.4, 0.5) is 4.39 Å². The second kappa shape index (κ2) is 4.73. The van der Waals surface area contributed by atoms with E-state index in [9.17, 15) is 9.18 Å². The topological polar surface area (TPSA) is 35.5 Å². The molecule has 1 saturated carbocycles. The van der Waals surface area contributed by atoms with Crippen LogP contribution in [0.5, 0.6) is 5.75 Å². The molecule has 3 nitrogen and oxygen atoms in total. The van der Waals surface area contributed by atoms with Gasteiger partial charge in [0.15, 0.2) is 0 Å². The van der Waals surface area contributed by atoms with Crippen LogP contribution in [0.2, 0.25) is 0 Å². The SMILES string of the molecule is COC(=O)C(c1cc(F)ccc1OC)C1CC1. The maximum atomic E-state index is 13.3. The Morgan fingerprint density at radius 2 is 2.12 bits per heavy atom. The second-order valence-corrected chi connectivity index (χ2v) is 4.22. The molecule has 0 amide bonds. The van der Waals surface area contributed by atoms with Gasteiger partial charge in [0.2, 0.25) is 0 Å². The molecule has 92 valence electrons. The number of methoxy groups -OCH3 is 2. The number of carbonyl (C=O) groups excluding carboxylic acids is 1. The standard InChI is InChI=1S/C13H15FO3/c1-16-11-6-5-9(14)7-10(11)12(8-3-4-8)13(15)17-2/h5-8,12H,3-4H2,1-2H3. The molecule has 0 bridgehead atoms. The summed E-state index contributed by atoms with van der Waals surface area (Å²) in [5.41, 5.74) is 0.585. The van der Waals surface area contributed by atoms with Crippen molar-refractivity contribution in [2.75, 3.05) is 14.2 Å². The average Bonchev–Trinajstić information content (AvgIpc) is 3.14. The maximum absolute atomic E-state index is 13.3. The fraction of sp³-hybridized carbons (Fsp3) is 0.462. The summed E-state index contributed by atoms with van der Waals surface area (Å²) in [5.74, 6) is -0.316. The van der Waals surface area contributed by atoms with Crippen molar-refractivity contribution in [1.29, 1.82) is 0 Å². The normalized spacial score (nSPS) is 16.4. The number of ether oxygens (including phenoxy) is 2. The minimum atomic E-state index is -0.411. The largest absolute Gasteiger partial charge is 0.496 e. The molecule has 0 aliphatic heterocycles. The predicted octanol–water partition coefficient (Wildman–Crippen LogP) is 2.50. The second-order valence-electron chi connectivity index (χ2n) is 4.22. The highest BCUT2D eigenvalue weighted by Gasteiger charge is 2.39. The Balaban J connectivity index is 2.40. The molecule has 1 fully saturated rings. The van der Waals surface area contributed by atoms with Crippen molar-refractivity contribution in [3.63, 3.8) is 0 Å². The Hall–Kier alpha value is -1.58. The summed E-state index contributed by atoms with van der Waals surface area (Å²) in [6, 6.07) is 4.23. The van der Waals surface area contributed by atoms with Crippen molar-refractivity contribution < 1.29 is 18.7 Å². The molecule has 0 N–H and O–H groups in total. The van der Waals surface area contributed by atoms with Crippen LogP contribution in [-0.2, 0) is 9.53 Å². The summed E-state index contributed by atoms with van der Waals surface area (Å²) in [7, 11) is 2.86. The Labute approximate surface area is 99.5 Å². The van der Waals surface area contributed by atoms with E-state index in [0.717, 1.165) is 12.8 Å². The smallest absolute Gasteiger partial charge is 0.313 e. The Morgan fingerprint density at radius 3 is 2.65 bits per heavy atom.